The van der Waals surface area contributed by atoms with E-state index in [9.17, 15) is 0 Å². The van der Waals surface area contributed by atoms with E-state index in [1.54, 1.807) is 0 Å². The lowest BCUT2D eigenvalue weighted by Crippen LogP contribution is -2.34. The fourth-order valence-electron chi connectivity index (χ4n) is 3.97. The smallest absolute Gasteiger partial charge is 0.110 e. The van der Waals surface area contributed by atoms with Gasteiger partial charge in [0.15, 0.2) is 0 Å². The number of piperidine rings is 1. The normalized spacial score (nSPS) is 18.7. The maximum absolute atomic E-state index is 4.95. The van der Waals surface area contributed by atoms with Crippen LogP contribution in [0.25, 0.3) is 22.4 Å². The third-order valence-electron chi connectivity index (χ3n) is 5.13. The molecule has 0 aromatic carbocycles. The second-order valence-corrected chi connectivity index (χ2v) is 7.83. The zero-order valence-electron chi connectivity index (χ0n) is 15.9. The molecule has 0 spiro atoms. The second-order valence-electron chi connectivity index (χ2n) is 7.83. The quantitative estimate of drug-likeness (QED) is 0.715. The fourth-order valence-corrected chi connectivity index (χ4v) is 3.97. The fraction of sp³-hybridized carbons (Fsp3) is 0.476. The van der Waals surface area contributed by atoms with Gasteiger partial charge in [0.05, 0.1) is 23.1 Å². The number of imidazole rings is 1. The van der Waals surface area contributed by atoms with Crippen LogP contribution in [0.1, 0.15) is 38.6 Å². The Morgan fingerprint density at radius 2 is 2.08 bits per heavy atom. The first-order valence-corrected chi connectivity index (χ1v) is 9.58. The average molecular weight is 349 g/mol. The summed E-state index contributed by atoms with van der Waals surface area (Å²) < 4.78 is 2.49. The molecule has 1 atom stereocenters. The van der Waals surface area contributed by atoms with Crippen LogP contribution in [-0.2, 0) is 6.42 Å². The zero-order chi connectivity index (χ0) is 18.1. The van der Waals surface area contributed by atoms with Crippen LogP contribution >= 0.6 is 0 Å². The van der Waals surface area contributed by atoms with Crippen molar-refractivity contribution < 1.29 is 0 Å². The number of likely N-dealkylation sites (tertiary alicyclic amines) is 1. The molecule has 5 heteroatoms. The summed E-state index contributed by atoms with van der Waals surface area (Å²) in [5.41, 5.74) is 4.01. The van der Waals surface area contributed by atoms with E-state index in [0.717, 1.165) is 29.9 Å². The van der Waals surface area contributed by atoms with E-state index < -0.39 is 0 Å². The van der Waals surface area contributed by atoms with Crippen molar-refractivity contribution in [2.24, 2.45) is 5.92 Å². The number of pyridine rings is 2. The van der Waals surface area contributed by atoms with Crippen LogP contribution in [0, 0.1) is 5.92 Å². The second kappa shape index (κ2) is 7.16. The van der Waals surface area contributed by atoms with Crippen LogP contribution in [-0.4, -0.2) is 44.6 Å². The molecule has 1 aliphatic rings. The van der Waals surface area contributed by atoms with Gasteiger partial charge in [-0.2, -0.15) is 0 Å². The summed E-state index contributed by atoms with van der Waals surface area (Å²) in [5, 5.41) is 0. The van der Waals surface area contributed by atoms with Gasteiger partial charge in [0.1, 0.15) is 11.3 Å². The van der Waals surface area contributed by atoms with Gasteiger partial charge in [0.2, 0.25) is 0 Å². The highest BCUT2D eigenvalue weighted by Crippen LogP contribution is 2.30. The summed E-state index contributed by atoms with van der Waals surface area (Å²) in [5.74, 6) is 1.77. The SMILES string of the molecule is CC(C)Cc1nc2cnc(-c3ccccn3)cc2n1[C@@H]1CCCN(C)C1. The Morgan fingerprint density at radius 3 is 2.81 bits per heavy atom. The van der Waals surface area contributed by atoms with Gasteiger partial charge >= 0.3 is 0 Å². The number of nitrogens with zero attached hydrogens (tertiary/aromatic N) is 5. The summed E-state index contributed by atoms with van der Waals surface area (Å²) in [6, 6.07) is 8.60. The molecule has 0 aliphatic carbocycles. The molecule has 0 unspecified atom stereocenters. The molecule has 1 aliphatic heterocycles. The first-order valence-electron chi connectivity index (χ1n) is 9.58. The molecule has 1 saturated heterocycles. The number of likely N-dealkylation sites (N-methyl/N-ethyl adjacent to an activating group) is 1. The first kappa shape index (κ1) is 17.2. The van der Waals surface area contributed by atoms with E-state index in [0.29, 0.717) is 12.0 Å². The van der Waals surface area contributed by atoms with E-state index in [-0.39, 0.29) is 0 Å². The third kappa shape index (κ3) is 3.36. The Morgan fingerprint density at radius 1 is 1.19 bits per heavy atom. The highest BCUT2D eigenvalue weighted by molar-refractivity contribution is 5.79. The van der Waals surface area contributed by atoms with Gasteiger partial charge in [-0.05, 0) is 50.6 Å². The average Bonchev–Trinajstić information content (AvgIpc) is 2.98. The maximum Gasteiger partial charge on any atom is 0.110 e. The predicted molar refractivity (Wildman–Crippen MR) is 105 cm³/mol. The van der Waals surface area contributed by atoms with E-state index >= 15 is 0 Å². The molecule has 0 amide bonds. The van der Waals surface area contributed by atoms with Crippen LogP contribution in [0.4, 0.5) is 0 Å². The monoisotopic (exact) mass is 349 g/mol. The van der Waals surface area contributed by atoms with Gasteiger partial charge in [-0.3, -0.25) is 9.97 Å². The number of aromatic nitrogens is 4. The van der Waals surface area contributed by atoms with Crippen LogP contribution < -0.4 is 0 Å². The van der Waals surface area contributed by atoms with E-state index in [1.165, 1.54) is 30.7 Å². The van der Waals surface area contributed by atoms with Gasteiger partial charge < -0.3 is 9.47 Å². The van der Waals surface area contributed by atoms with Gasteiger partial charge in [-0.25, -0.2) is 4.98 Å². The first-order chi connectivity index (χ1) is 12.6. The molecular formula is C21H27N5. The molecule has 0 saturated carbocycles. The number of hydrogen-bond acceptors (Lipinski definition) is 4. The largest absolute Gasteiger partial charge is 0.323 e. The van der Waals surface area contributed by atoms with E-state index in [2.05, 4.69) is 46.4 Å². The van der Waals surface area contributed by atoms with Crippen molar-refractivity contribution in [2.75, 3.05) is 20.1 Å². The summed E-state index contributed by atoms with van der Waals surface area (Å²) in [6.45, 7) is 6.78. The number of hydrogen-bond donors (Lipinski definition) is 0. The van der Waals surface area contributed by atoms with Crippen molar-refractivity contribution in [1.82, 2.24) is 24.4 Å². The topological polar surface area (TPSA) is 46.8 Å². The molecule has 0 N–H and O–H groups in total. The standard InChI is InChI=1S/C21H27N5/c1-15(2)11-21-24-19-13-23-18(17-8-4-5-9-22-17)12-20(19)26(21)16-7-6-10-25(3)14-16/h4-5,8-9,12-13,15-16H,6-7,10-11,14H2,1-3H3/t16-/m1/s1. The summed E-state index contributed by atoms with van der Waals surface area (Å²) in [7, 11) is 2.22. The highest BCUT2D eigenvalue weighted by Gasteiger charge is 2.24. The Labute approximate surface area is 155 Å². The Bertz CT molecular complexity index is 884. The minimum absolute atomic E-state index is 0.478. The van der Waals surface area contributed by atoms with Crippen molar-refractivity contribution in [3.8, 4) is 11.4 Å². The molecule has 1 fully saturated rings. The molecular weight excluding hydrogens is 322 g/mol. The minimum Gasteiger partial charge on any atom is -0.323 e. The Kier molecular flexibility index (Phi) is 4.72. The lowest BCUT2D eigenvalue weighted by Gasteiger charge is -2.32. The maximum atomic E-state index is 4.95. The van der Waals surface area contributed by atoms with E-state index in [4.69, 9.17) is 4.98 Å². The molecule has 5 nitrogen and oxygen atoms in total. The minimum atomic E-state index is 0.478. The van der Waals surface area contributed by atoms with Crippen LogP contribution in [0.15, 0.2) is 36.7 Å². The van der Waals surface area contributed by atoms with Gasteiger partial charge in [0.25, 0.3) is 0 Å². The Balaban J connectivity index is 1.84. The van der Waals surface area contributed by atoms with Gasteiger partial charge in [0, 0.05) is 25.2 Å². The Hall–Kier alpha value is -2.27. The van der Waals surface area contributed by atoms with Crippen LogP contribution in [0.2, 0.25) is 0 Å². The van der Waals surface area contributed by atoms with Crippen molar-refractivity contribution in [2.45, 2.75) is 39.2 Å². The molecule has 4 heterocycles. The highest BCUT2D eigenvalue weighted by atomic mass is 15.2. The van der Waals surface area contributed by atoms with Crippen molar-refractivity contribution in [3.05, 3.63) is 42.5 Å². The molecule has 4 rings (SSSR count). The van der Waals surface area contributed by atoms with Crippen molar-refractivity contribution in [3.63, 3.8) is 0 Å². The number of fused-ring (bicyclic) bond motifs is 1. The third-order valence-corrected chi connectivity index (χ3v) is 5.13. The summed E-state index contributed by atoms with van der Waals surface area (Å²) in [4.78, 5) is 16.5. The van der Waals surface area contributed by atoms with E-state index in [1.807, 2.05) is 30.6 Å². The summed E-state index contributed by atoms with van der Waals surface area (Å²) >= 11 is 0. The summed E-state index contributed by atoms with van der Waals surface area (Å²) in [6.07, 6.45) is 7.17. The zero-order valence-corrected chi connectivity index (χ0v) is 15.9. The van der Waals surface area contributed by atoms with Crippen molar-refractivity contribution in [1.29, 1.82) is 0 Å². The molecule has 0 radical (unpaired) electrons. The molecule has 26 heavy (non-hydrogen) atoms. The van der Waals surface area contributed by atoms with Crippen LogP contribution in [0.5, 0.6) is 0 Å². The lowest BCUT2D eigenvalue weighted by atomic mass is 10.0. The molecule has 3 aromatic rings. The van der Waals surface area contributed by atoms with Gasteiger partial charge in [-0.15, -0.1) is 0 Å². The number of rotatable bonds is 4. The van der Waals surface area contributed by atoms with Crippen LogP contribution in [0.3, 0.4) is 0 Å². The lowest BCUT2D eigenvalue weighted by molar-refractivity contribution is 0.212. The van der Waals surface area contributed by atoms with Crippen molar-refractivity contribution >= 4 is 11.0 Å². The predicted octanol–water partition coefficient (Wildman–Crippen LogP) is 3.96. The van der Waals surface area contributed by atoms with Gasteiger partial charge in [-0.1, -0.05) is 19.9 Å². The molecule has 0 bridgehead atoms. The molecule has 3 aromatic heterocycles. The molecule has 136 valence electrons.